The highest BCUT2D eigenvalue weighted by Crippen LogP contribution is 2.20. The number of hydrogen-bond acceptors (Lipinski definition) is 3. The minimum Gasteiger partial charge on any atom is -0.489 e. The van der Waals surface area contributed by atoms with Gasteiger partial charge in [0.25, 0.3) is 0 Å². The Hall–Kier alpha value is -2.55. The van der Waals surface area contributed by atoms with Crippen molar-refractivity contribution in [1.29, 1.82) is 0 Å². The van der Waals surface area contributed by atoms with Crippen molar-refractivity contribution in [3.05, 3.63) is 75.6 Å². The van der Waals surface area contributed by atoms with E-state index < -0.39 is 0 Å². The molecule has 3 aromatic rings. The Morgan fingerprint density at radius 3 is 2.43 bits per heavy atom. The van der Waals surface area contributed by atoms with Gasteiger partial charge >= 0.3 is 5.63 Å². The van der Waals surface area contributed by atoms with Crippen LogP contribution in [0.3, 0.4) is 0 Å². The van der Waals surface area contributed by atoms with Crippen LogP contribution in [0.1, 0.15) is 16.7 Å². The van der Waals surface area contributed by atoms with Crippen LogP contribution in [0, 0.1) is 13.8 Å². The molecule has 0 aliphatic heterocycles. The van der Waals surface area contributed by atoms with Crippen LogP contribution in [0.4, 0.5) is 0 Å². The Bertz CT molecular complexity index is 829. The SMILES string of the molecule is Cc1ccc(OCc2cc(=O)oc3cc(C)ccc23)cc1. The molecule has 0 saturated carbocycles. The number of rotatable bonds is 3. The largest absolute Gasteiger partial charge is 0.489 e. The zero-order chi connectivity index (χ0) is 14.8. The summed E-state index contributed by atoms with van der Waals surface area (Å²) < 4.78 is 11.0. The molecule has 3 rings (SSSR count). The molecule has 0 unspecified atom stereocenters. The molecule has 0 aliphatic carbocycles. The average molecular weight is 280 g/mol. The maximum Gasteiger partial charge on any atom is 0.336 e. The molecule has 0 amide bonds. The van der Waals surface area contributed by atoms with Crippen LogP contribution in [-0.4, -0.2) is 0 Å². The Balaban J connectivity index is 1.93. The van der Waals surface area contributed by atoms with E-state index in [0.29, 0.717) is 12.2 Å². The predicted octanol–water partition coefficient (Wildman–Crippen LogP) is 3.99. The van der Waals surface area contributed by atoms with Gasteiger partial charge in [0.05, 0.1) is 0 Å². The van der Waals surface area contributed by atoms with E-state index in [1.807, 2.05) is 56.3 Å². The normalized spacial score (nSPS) is 10.8. The lowest BCUT2D eigenvalue weighted by Crippen LogP contribution is -2.04. The number of ether oxygens (including phenoxy) is 1. The van der Waals surface area contributed by atoms with Crippen molar-refractivity contribution in [3.63, 3.8) is 0 Å². The van der Waals surface area contributed by atoms with Gasteiger partial charge in [0.2, 0.25) is 0 Å². The molecule has 1 heterocycles. The summed E-state index contributed by atoms with van der Waals surface area (Å²) in [4.78, 5) is 11.6. The maximum atomic E-state index is 11.6. The van der Waals surface area contributed by atoms with Crippen LogP contribution >= 0.6 is 0 Å². The van der Waals surface area contributed by atoms with E-state index in [2.05, 4.69) is 0 Å². The van der Waals surface area contributed by atoms with Gasteiger partial charge in [-0.1, -0.05) is 29.8 Å². The zero-order valence-corrected chi connectivity index (χ0v) is 12.1. The molecule has 1 aromatic heterocycles. The molecule has 0 bridgehead atoms. The topological polar surface area (TPSA) is 39.4 Å². The van der Waals surface area contributed by atoms with Crippen LogP contribution in [0.5, 0.6) is 5.75 Å². The molecule has 0 radical (unpaired) electrons. The Morgan fingerprint density at radius 1 is 0.952 bits per heavy atom. The first-order chi connectivity index (χ1) is 10.1. The van der Waals surface area contributed by atoms with Crippen molar-refractivity contribution in [3.8, 4) is 5.75 Å². The van der Waals surface area contributed by atoms with E-state index in [0.717, 1.165) is 22.3 Å². The lowest BCUT2D eigenvalue weighted by molar-refractivity contribution is 0.306. The molecule has 0 fully saturated rings. The summed E-state index contributed by atoms with van der Waals surface area (Å²) in [5.41, 5.74) is 3.33. The second-order valence-corrected chi connectivity index (χ2v) is 5.19. The van der Waals surface area contributed by atoms with Gasteiger partial charge in [-0.2, -0.15) is 0 Å². The maximum absolute atomic E-state index is 11.6. The Labute approximate surface area is 122 Å². The van der Waals surface area contributed by atoms with Gasteiger partial charge in [-0.25, -0.2) is 4.79 Å². The van der Waals surface area contributed by atoms with E-state index >= 15 is 0 Å². The van der Waals surface area contributed by atoms with Gasteiger partial charge in [-0.15, -0.1) is 0 Å². The zero-order valence-electron chi connectivity index (χ0n) is 12.1. The predicted molar refractivity (Wildman–Crippen MR) is 82.7 cm³/mol. The first-order valence-corrected chi connectivity index (χ1v) is 6.85. The highest BCUT2D eigenvalue weighted by molar-refractivity contribution is 5.80. The third kappa shape index (κ3) is 2.97. The van der Waals surface area contributed by atoms with Gasteiger partial charge in [0.1, 0.15) is 17.9 Å². The minimum absolute atomic E-state index is 0.341. The number of fused-ring (bicyclic) bond motifs is 1. The standard InChI is InChI=1S/C18H16O3/c1-12-3-6-15(7-4-12)20-11-14-10-18(19)21-17-9-13(2)5-8-16(14)17/h3-10H,11H2,1-2H3. The fraction of sp³-hybridized carbons (Fsp3) is 0.167. The summed E-state index contributed by atoms with van der Waals surface area (Å²) in [5.74, 6) is 0.786. The summed E-state index contributed by atoms with van der Waals surface area (Å²) in [5, 5.41) is 0.910. The number of benzene rings is 2. The molecular weight excluding hydrogens is 264 g/mol. The highest BCUT2D eigenvalue weighted by Gasteiger charge is 2.06. The van der Waals surface area contributed by atoms with Crippen LogP contribution in [-0.2, 0) is 6.61 Å². The minimum atomic E-state index is -0.351. The van der Waals surface area contributed by atoms with Gasteiger partial charge in [0.15, 0.2) is 0 Å². The Morgan fingerprint density at radius 2 is 1.67 bits per heavy atom. The van der Waals surface area contributed by atoms with Gasteiger partial charge in [-0.05, 0) is 37.6 Å². The fourth-order valence-electron chi connectivity index (χ4n) is 2.25. The van der Waals surface area contributed by atoms with Crippen LogP contribution in [0.15, 0.2) is 57.7 Å². The molecule has 3 heteroatoms. The van der Waals surface area contributed by atoms with Gasteiger partial charge in [0, 0.05) is 17.0 Å². The summed E-state index contributed by atoms with van der Waals surface area (Å²) in [6.45, 7) is 4.34. The van der Waals surface area contributed by atoms with Crippen molar-refractivity contribution in [2.75, 3.05) is 0 Å². The molecule has 21 heavy (non-hydrogen) atoms. The Kier molecular flexibility index (Phi) is 3.48. The van der Waals surface area contributed by atoms with Gasteiger partial charge < -0.3 is 9.15 Å². The lowest BCUT2D eigenvalue weighted by Gasteiger charge is -2.09. The summed E-state index contributed by atoms with van der Waals surface area (Å²) >= 11 is 0. The second kappa shape index (κ2) is 5.44. The molecule has 0 atom stereocenters. The molecule has 0 aliphatic rings. The molecular formula is C18H16O3. The first-order valence-electron chi connectivity index (χ1n) is 6.85. The van der Waals surface area contributed by atoms with E-state index in [-0.39, 0.29) is 5.63 Å². The van der Waals surface area contributed by atoms with E-state index in [9.17, 15) is 4.79 Å². The van der Waals surface area contributed by atoms with Crippen molar-refractivity contribution < 1.29 is 9.15 Å². The van der Waals surface area contributed by atoms with E-state index in [1.165, 1.54) is 11.6 Å². The van der Waals surface area contributed by atoms with Crippen molar-refractivity contribution in [2.45, 2.75) is 20.5 Å². The highest BCUT2D eigenvalue weighted by atomic mass is 16.5. The summed E-state index contributed by atoms with van der Waals surface area (Å²) in [7, 11) is 0. The molecule has 0 N–H and O–H groups in total. The molecule has 3 nitrogen and oxygen atoms in total. The summed E-state index contributed by atoms with van der Waals surface area (Å²) in [6, 6.07) is 15.2. The average Bonchev–Trinajstić information content (AvgIpc) is 2.45. The van der Waals surface area contributed by atoms with E-state index in [4.69, 9.17) is 9.15 Å². The van der Waals surface area contributed by atoms with E-state index in [1.54, 1.807) is 0 Å². The number of aryl methyl sites for hydroxylation is 2. The van der Waals surface area contributed by atoms with Crippen molar-refractivity contribution in [2.24, 2.45) is 0 Å². The molecule has 2 aromatic carbocycles. The monoisotopic (exact) mass is 280 g/mol. The van der Waals surface area contributed by atoms with Crippen LogP contribution in [0.25, 0.3) is 11.0 Å². The second-order valence-electron chi connectivity index (χ2n) is 5.19. The molecule has 0 spiro atoms. The van der Waals surface area contributed by atoms with Crippen LogP contribution < -0.4 is 10.4 Å². The number of hydrogen-bond donors (Lipinski definition) is 0. The fourth-order valence-corrected chi connectivity index (χ4v) is 2.25. The quantitative estimate of drug-likeness (QED) is 0.681. The van der Waals surface area contributed by atoms with Crippen LogP contribution in [0.2, 0.25) is 0 Å². The van der Waals surface area contributed by atoms with Crippen molar-refractivity contribution in [1.82, 2.24) is 0 Å². The van der Waals surface area contributed by atoms with Crippen molar-refractivity contribution >= 4 is 11.0 Å². The third-order valence-electron chi connectivity index (χ3n) is 3.40. The molecule has 106 valence electrons. The lowest BCUT2D eigenvalue weighted by atomic mass is 10.1. The van der Waals surface area contributed by atoms with Gasteiger partial charge in [-0.3, -0.25) is 0 Å². The first kappa shape index (κ1) is 13.4. The summed E-state index contributed by atoms with van der Waals surface area (Å²) in [6.07, 6.45) is 0. The third-order valence-corrected chi connectivity index (χ3v) is 3.40. The molecule has 0 saturated heterocycles. The smallest absolute Gasteiger partial charge is 0.336 e.